The molecule has 0 aliphatic heterocycles. The maximum atomic E-state index is 11.9. The van der Waals surface area contributed by atoms with Gasteiger partial charge in [-0.05, 0) is 46.9 Å². The van der Waals surface area contributed by atoms with E-state index in [1.54, 1.807) is 0 Å². The fourth-order valence-electron chi connectivity index (χ4n) is 1.12. The Morgan fingerprint density at radius 3 is 2.24 bits per heavy atom. The maximum absolute atomic E-state index is 11.9. The number of nitrogens with zero attached hydrogens (tertiary/aromatic N) is 2. The number of hydrogen-bond donors (Lipinski definition) is 0. The Bertz CT molecular complexity index is 512. The van der Waals surface area contributed by atoms with E-state index >= 15 is 0 Å². The summed E-state index contributed by atoms with van der Waals surface area (Å²) in [6.45, 7) is 0. The van der Waals surface area contributed by atoms with E-state index in [2.05, 4.69) is 14.9 Å². The van der Waals surface area contributed by atoms with Gasteiger partial charge in [0.05, 0.1) is 0 Å². The Hall–Kier alpha value is -0.900. The van der Waals surface area contributed by atoms with Crippen molar-refractivity contribution in [3.8, 4) is 16.3 Å². The molecule has 1 aromatic carbocycles. The standard InChI is InChI=1S/C9H4F3IN2OS/c10-9(11,12)16-6-3-1-5(2-4-6)7-14-15-8(13)17-7/h1-4H. The Kier molecular flexibility index (Phi) is 3.52. The highest BCUT2D eigenvalue weighted by Crippen LogP contribution is 2.28. The van der Waals surface area contributed by atoms with Crippen LogP contribution < -0.4 is 4.74 Å². The van der Waals surface area contributed by atoms with Crippen LogP contribution in [0, 0.1) is 3.01 Å². The van der Waals surface area contributed by atoms with E-state index in [1.165, 1.54) is 35.6 Å². The Morgan fingerprint density at radius 1 is 1.12 bits per heavy atom. The molecular weight excluding hydrogens is 368 g/mol. The van der Waals surface area contributed by atoms with Gasteiger partial charge in [0.25, 0.3) is 0 Å². The van der Waals surface area contributed by atoms with Gasteiger partial charge >= 0.3 is 6.36 Å². The van der Waals surface area contributed by atoms with Gasteiger partial charge in [-0.25, -0.2) is 0 Å². The molecule has 8 heteroatoms. The predicted molar refractivity (Wildman–Crippen MR) is 64.7 cm³/mol. The van der Waals surface area contributed by atoms with Gasteiger partial charge < -0.3 is 4.74 Å². The van der Waals surface area contributed by atoms with Crippen LogP contribution in [-0.2, 0) is 0 Å². The third-order valence-electron chi connectivity index (χ3n) is 1.74. The van der Waals surface area contributed by atoms with Crippen LogP contribution in [0.15, 0.2) is 24.3 Å². The smallest absolute Gasteiger partial charge is 0.406 e. The fourth-order valence-corrected chi connectivity index (χ4v) is 2.43. The van der Waals surface area contributed by atoms with E-state index in [-0.39, 0.29) is 5.75 Å². The highest BCUT2D eigenvalue weighted by molar-refractivity contribution is 14.1. The second-order valence-corrected chi connectivity index (χ2v) is 5.66. The number of ether oxygens (including phenoxy) is 1. The molecule has 0 aliphatic rings. The maximum Gasteiger partial charge on any atom is 0.573 e. The van der Waals surface area contributed by atoms with Crippen molar-refractivity contribution in [2.45, 2.75) is 6.36 Å². The molecule has 17 heavy (non-hydrogen) atoms. The zero-order valence-electron chi connectivity index (χ0n) is 8.03. The predicted octanol–water partition coefficient (Wildman–Crippen LogP) is 3.71. The first kappa shape index (κ1) is 12.6. The summed E-state index contributed by atoms with van der Waals surface area (Å²) in [5.41, 5.74) is 0.708. The molecule has 0 amide bonds. The lowest BCUT2D eigenvalue weighted by Crippen LogP contribution is -2.16. The SMILES string of the molecule is FC(F)(F)Oc1ccc(-c2nnc(I)s2)cc1. The average molecular weight is 372 g/mol. The lowest BCUT2D eigenvalue weighted by Gasteiger charge is -2.08. The first-order valence-electron chi connectivity index (χ1n) is 4.29. The van der Waals surface area contributed by atoms with E-state index < -0.39 is 6.36 Å². The van der Waals surface area contributed by atoms with Crippen molar-refractivity contribution in [3.05, 3.63) is 27.3 Å². The van der Waals surface area contributed by atoms with Crippen LogP contribution in [0.4, 0.5) is 13.2 Å². The molecule has 90 valence electrons. The number of aromatic nitrogens is 2. The van der Waals surface area contributed by atoms with Gasteiger partial charge in [0, 0.05) is 5.56 Å². The second-order valence-electron chi connectivity index (χ2n) is 2.93. The number of benzene rings is 1. The first-order chi connectivity index (χ1) is 7.94. The van der Waals surface area contributed by atoms with E-state index in [1.807, 2.05) is 22.6 Å². The Morgan fingerprint density at radius 2 is 1.76 bits per heavy atom. The monoisotopic (exact) mass is 372 g/mol. The topological polar surface area (TPSA) is 35.0 Å². The molecule has 0 spiro atoms. The minimum absolute atomic E-state index is 0.250. The van der Waals surface area contributed by atoms with Crippen molar-refractivity contribution >= 4 is 33.9 Å². The Balaban J connectivity index is 2.19. The van der Waals surface area contributed by atoms with E-state index in [0.29, 0.717) is 10.6 Å². The van der Waals surface area contributed by atoms with Crippen molar-refractivity contribution in [2.75, 3.05) is 0 Å². The van der Waals surface area contributed by atoms with Gasteiger partial charge in [-0.15, -0.1) is 23.4 Å². The van der Waals surface area contributed by atoms with Gasteiger partial charge in [-0.2, -0.15) is 0 Å². The van der Waals surface area contributed by atoms with E-state index in [0.717, 1.165) is 3.01 Å². The fraction of sp³-hybridized carbons (Fsp3) is 0.111. The van der Waals surface area contributed by atoms with Crippen molar-refractivity contribution in [1.29, 1.82) is 0 Å². The molecular formula is C9H4F3IN2OS. The normalized spacial score (nSPS) is 11.5. The van der Waals surface area contributed by atoms with Crippen molar-refractivity contribution in [2.24, 2.45) is 0 Å². The zero-order chi connectivity index (χ0) is 12.5. The van der Waals surface area contributed by atoms with E-state index in [4.69, 9.17) is 0 Å². The molecule has 0 radical (unpaired) electrons. The molecule has 0 N–H and O–H groups in total. The van der Waals surface area contributed by atoms with Crippen LogP contribution in [0.2, 0.25) is 0 Å². The highest BCUT2D eigenvalue weighted by Gasteiger charge is 2.30. The van der Waals surface area contributed by atoms with Gasteiger partial charge in [-0.1, -0.05) is 11.3 Å². The van der Waals surface area contributed by atoms with Crippen LogP contribution in [-0.4, -0.2) is 16.6 Å². The van der Waals surface area contributed by atoms with Crippen LogP contribution in [0.3, 0.4) is 0 Å². The summed E-state index contributed by atoms with van der Waals surface area (Å²) in [5, 5.41) is 8.37. The molecule has 0 bridgehead atoms. The lowest BCUT2D eigenvalue weighted by molar-refractivity contribution is -0.274. The molecule has 3 nitrogen and oxygen atoms in total. The van der Waals surface area contributed by atoms with Gasteiger partial charge in [0.1, 0.15) is 10.8 Å². The van der Waals surface area contributed by atoms with Crippen molar-refractivity contribution in [3.63, 3.8) is 0 Å². The summed E-state index contributed by atoms with van der Waals surface area (Å²) in [7, 11) is 0. The third kappa shape index (κ3) is 3.53. The average Bonchev–Trinajstić information content (AvgIpc) is 2.63. The summed E-state index contributed by atoms with van der Waals surface area (Å²) in [6.07, 6.45) is -4.67. The second kappa shape index (κ2) is 4.77. The molecule has 0 saturated carbocycles. The highest BCUT2D eigenvalue weighted by atomic mass is 127. The molecule has 1 aromatic heterocycles. The van der Waals surface area contributed by atoms with Crippen molar-refractivity contribution < 1.29 is 17.9 Å². The molecule has 2 rings (SSSR count). The van der Waals surface area contributed by atoms with Gasteiger partial charge in [-0.3, -0.25) is 0 Å². The molecule has 1 heterocycles. The van der Waals surface area contributed by atoms with Crippen LogP contribution in [0.1, 0.15) is 0 Å². The summed E-state index contributed by atoms with van der Waals surface area (Å²) < 4.78 is 40.3. The van der Waals surface area contributed by atoms with Crippen molar-refractivity contribution in [1.82, 2.24) is 10.2 Å². The lowest BCUT2D eigenvalue weighted by atomic mass is 10.2. The van der Waals surface area contributed by atoms with Gasteiger partial charge in [0.2, 0.25) is 0 Å². The molecule has 0 atom stereocenters. The first-order valence-corrected chi connectivity index (χ1v) is 6.19. The molecule has 0 aliphatic carbocycles. The minimum Gasteiger partial charge on any atom is -0.406 e. The number of alkyl halides is 3. The molecule has 0 saturated heterocycles. The Labute approximate surface area is 112 Å². The summed E-state index contributed by atoms with van der Waals surface area (Å²) >= 11 is 3.38. The summed E-state index contributed by atoms with van der Waals surface area (Å²) in [5.74, 6) is -0.250. The summed E-state index contributed by atoms with van der Waals surface area (Å²) in [6, 6.07) is 5.52. The van der Waals surface area contributed by atoms with E-state index in [9.17, 15) is 13.2 Å². The van der Waals surface area contributed by atoms with Crippen LogP contribution >= 0.6 is 33.9 Å². The molecule has 0 fully saturated rings. The van der Waals surface area contributed by atoms with Crippen LogP contribution in [0.5, 0.6) is 5.75 Å². The minimum atomic E-state index is -4.67. The van der Waals surface area contributed by atoms with Crippen LogP contribution in [0.25, 0.3) is 10.6 Å². The summed E-state index contributed by atoms with van der Waals surface area (Å²) in [4.78, 5) is 0. The quantitative estimate of drug-likeness (QED) is 0.754. The molecule has 0 unspecified atom stereocenters. The zero-order valence-corrected chi connectivity index (χ0v) is 11.0. The number of hydrogen-bond acceptors (Lipinski definition) is 4. The number of halogens is 4. The largest absolute Gasteiger partial charge is 0.573 e. The molecule has 2 aromatic rings. The van der Waals surface area contributed by atoms with Gasteiger partial charge in [0.15, 0.2) is 3.01 Å². The number of rotatable bonds is 2. The third-order valence-corrected chi connectivity index (χ3v) is 3.37.